The number of hydrogen-bond acceptors (Lipinski definition) is 4. The molecule has 0 spiro atoms. The zero-order valence-electron chi connectivity index (χ0n) is 16.8. The Balaban J connectivity index is 1.62. The molecule has 1 aliphatic rings. The molecular formula is C23H26N2O3S. The summed E-state index contributed by atoms with van der Waals surface area (Å²) in [6.07, 6.45) is 0. The summed E-state index contributed by atoms with van der Waals surface area (Å²) in [6.45, 7) is 6.85. The molecule has 0 saturated carbocycles. The van der Waals surface area contributed by atoms with E-state index >= 15 is 0 Å². The fourth-order valence-corrected chi connectivity index (χ4v) is 5.59. The molecule has 3 aromatic carbocycles. The SMILES string of the molecule is CCOc1ccc(S(=O)(=O)N2CCN(c3ccccc3C)CC2)c2ccccc12. The fraction of sp³-hybridized carbons (Fsp3) is 0.304. The van der Waals surface area contributed by atoms with Crippen LogP contribution >= 0.6 is 0 Å². The number of benzene rings is 3. The third-order valence-electron chi connectivity index (χ3n) is 5.46. The number of hydrogen-bond donors (Lipinski definition) is 0. The van der Waals surface area contributed by atoms with Gasteiger partial charge in [-0.05, 0) is 37.6 Å². The molecule has 1 fully saturated rings. The first-order valence-corrected chi connectivity index (χ1v) is 11.4. The molecule has 1 aliphatic heterocycles. The average molecular weight is 411 g/mol. The maximum absolute atomic E-state index is 13.4. The number of fused-ring (bicyclic) bond motifs is 1. The first-order chi connectivity index (χ1) is 14.0. The van der Waals surface area contributed by atoms with Crippen LogP contribution in [0.25, 0.3) is 10.8 Å². The lowest BCUT2D eigenvalue weighted by Crippen LogP contribution is -2.48. The van der Waals surface area contributed by atoms with Crippen LogP contribution in [0.5, 0.6) is 5.75 Å². The van der Waals surface area contributed by atoms with E-state index in [1.165, 1.54) is 11.3 Å². The molecule has 1 saturated heterocycles. The Morgan fingerprint density at radius 1 is 0.862 bits per heavy atom. The van der Waals surface area contributed by atoms with Gasteiger partial charge in [-0.25, -0.2) is 8.42 Å². The summed E-state index contributed by atoms with van der Waals surface area (Å²) in [5.41, 5.74) is 2.39. The van der Waals surface area contributed by atoms with Crippen molar-refractivity contribution in [3.63, 3.8) is 0 Å². The molecule has 0 unspecified atom stereocenters. The van der Waals surface area contributed by atoms with Crippen molar-refractivity contribution in [2.45, 2.75) is 18.7 Å². The van der Waals surface area contributed by atoms with E-state index in [-0.39, 0.29) is 0 Å². The molecule has 4 rings (SSSR count). The Morgan fingerprint density at radius 3 is 2.21 bits per heavy atom. The maximum atomic E-state index is 13.4. The molecule has 0 aromatic heterocycles. The molecule has 29 heavy (non-hydrogen) atoms. The van der Waals surface area contributed by atoms with Gasteiger partial charge in [-0.2, -0.15) is 4.31 Å². The minimum absolute atomic E-state index is 0.348. The van der Waals surface area contributed by atoms with Crippen LogP contribution in [0.4, 0.5) is 5.69 Å². The van der Waals surface area contributed by atoms with E-state index in [0.717, 1.165) is 5.39 Å². The largest absolute Gasteiger partial charge is 0.493 e. The van der Waals surface area contributed by atoms with E-state index in [1.807, 2.05) is 43.3 Å². The third-order valence-corrected chi connectivity index (χ3v) is 7.41. The number of nitrogens with zero attached hydrogens (tertiary/aromatic N) is 2. The summed E-state index contributed by atoms with van der Waals surface area (Å²) in [4.78, 5) is 2.61. The number of piperazine rings is 1. The monoisotopic (exact) mass is 410 g/mol. The van der Waals surface area contributed by atoms with Crippen LogP contribution in [0.15, 0.2) is 65.6 Å². The van der Waals surface area contributed by atoms with Crippen LogP contribution in [-0.2, 0) is 10.0 Å². The molecule has 0 amide bonds. The van der Waals surface area contributed by atoms with Gasteiger partial charge in [0.1, 0.15) is 5.75 Å². The lowest BCUT2D eigenvalue weighted by Gasteiger charge is -2.36. The Kier molecular flexibility index (Phi) is 5.48. The third kappa shape index (κ3) is 3.70. The number of aryl methyl sites for hydroxylation is 1. The predicted octanol–water partition coefficient (Wildman–Crippen LogP) is 4.06. The van der Waals surface area contributed by atoms with E-state index in [1.54, 1.807) is 16.4 Å². The molecule has 0 atom stereocenters. The Labute approximate surface area is 172 Å². The van der Waals surface area contributed by atoms with Crippen LogP contribution in [-0.4, -0.2) is 45.5 Å². The Morgan fingerprint density at radius 2 is 1.52 bits per heavy atom. The van der Waals surface area contributed by atoms with E-state index in [4.69, 9.17) is 4.74 Å². The average Bonchev–Trinajstić information content (AvgIpc) is 2.74. The highest BCUT2D eigenvalue weighted by Gasteiger charge is 2.30. The van der Waals surface area contributed by atoms with Crippen LogP contribution in [0.1, 0.15) is 12.5 Å². The Bertz CT molecular complexity index is 1120. The minimum atomic E-state index is -3.58. The van der Waals surface area contributed by atoms with E-state index in [0.29, 0.717) is 48.8 Å². The molecule has 0 N–H and O–H groups in total. The second-order valence-corrected chi connectivity index (χ2v) is 9.12. The van der Waals surface area contributed by atoms with Gasteiger partial charge in [0.05, 0.1) is 11.5 Å². The minimum Gasteiger partial charge on any atom is -0.493 e. The molecular weight excluding hydrogens is 384 g/mol. The van der Waals surface area contributed by atoms with Crippen molar-refractivity contribution in [3.05, 3.63) is 66.2 Å². The Hall–Kier alpha value is -2.57. The first-order valence-electron chi connectivity index (χ1n) is 9.97. The van der Waals surface area contributed by atoms with Crippen molar-refractivity contribution < 1.29 is 13.2 Å². The normalized spacial score (nSPS) is 15.6. The molecule has 0 bridgehead atoms. The van der Waals surface area contributed by atoms with Gasteiger partial charge in [0.15, 0.2) is 0 Å². The number of anilines is 1. The summed E-state index contributed by atoms with van der Waals surface area (Å²) in [5.74, 6) is 0.714. The standard InChI is InChI=1S/C23H26N2O3S/c1-3-28-22-12-13-23(20-10-6-5-9-19(20)22)29(26,27)25-16-14-24(15-17-25)21-11-7-4-8-18(21)2/h4-13H,3,14-17H2,1-2H3. The summed E-state index contributed by atoms with van der Waals surface area (Å²) in [7, 11) is -3.58. The van der Waals surface area contributed by atoms with Gasteiger partial charge in [-0.15, -0.1) is 0 Å². The lowest BCUT2D eigenvalue weighted by atomic mass is 10.1. The van der Waals surface area contributed by atoms with E-state index in [2.05, 4.69) is 24.0 Å². The molecule has 5 nitrogen and oxygen atoms in total. The summed E-state index contributed by atoms with van der Waals surface area (Å²) < 4.78 is 34.2. The van der Waals surface area contributed by atoms with Gasteiger partial charge in [0.2, 0.25) is 10.0 Å². The molecule has 0 aliphatic carbocycles. The molecule has 152 valence electrons. The highest BCUT2D eigenvalue weighted by Crippen LogP contribution is 2.33. The van der Waals surface area contributed by atoms with Crippen molar-refractivity contribution in [1.82, 2.24) is 4.31 Å². The van der Waals surface area contributed by atoms with Gasteiger partial charge in [-0.1, -0.05) is 42.5 Å². The fourth-order valence-electron chi connectivity index (χ4n) is 3.98. The molecule has 1 heterocycles. The molecule has 6 heteroatoms. The summed E-state index contributed by atoms with van der Waals surface area (Å²) in [6, 6.07) is 19.2. The van der Waals surface area contributed by atoms with Crippen LogP contribution in [0.2, 0.25) is 0 Å². The molecule has 3 aromatic rings. The number of ether oxygens (including phenoxy) is 1. The van der Waals surface area contributed by atoms with E-state index < -0.39 is 10.0 Å². The number of para-hydroxylation sites is 1. The highest BCUT2D eigenvalue weighted by atomic mass is 32.2. The van der Waals surface area contributed by atoms with Crippen molar-refractivity contribution in [2.75, 3.05) is 37.7 Å². The van der Waals surface area contributed by atoms with Crippen molar-refractivity contribution >= 4 is 26.5 Å². The summed E-state index contributed by atoms with van der Waals surface area (Å²) >= 11 is 0. The molecule has 0 radical (unpaired) electrons. The first kappa shape index (κ1) is 19.7. The van der Waals surface area contributed by atoms with Gasteiger partial charge in [0.25, 0.3) is 0 Å². The quantitative estimate of drug-likeness (QED) is 0.637. The van der Waals surface area contributed by atoms with Crippen molar-refractivity contribution in [3.8, 4) is 5.75 Å². The smallest absolute Gasteiger partial charge is 0.243 e. The topological polar surface area (TPSA) is 49.9 Å². The van der Waals surface area contributed by atoms with Gasteiger partial charge in [-0.3, -0.25) is 0 Å². The number of rotatable bonds is 5. The van der Waals surface area contributed by atoms with E-state index in [9.17, 15) is 8.42 Å². The maximum Gasteiger partial charge on any atom is 0.243 e. The highest BCUT2D eigenvalue weighted by molar-refractivity contribution is 7.89. The van der Waals surface area contributed by atoms with Crippen LogP contribution < -0.4 is 9.64 Å². The van der Waals surface area contributed by atoms with Gasteiger partial charge in [0, 0.05) is 42.6 Å². The van der Waals surface area contributed by atoms with Crippen LogP contribution in [0, 0.1) is 6.92 Å². The van der Waals surface area contributed by atoms with Crippen molar-refractivity contribution in [2.24, 2.45) is 0 Å². The number of sulfonamides is 1. The van der Waals surface area contributed by atoms with Crippen LogP contribution in [0.3, 0.4) is 0 Å². The predicted molar refractivity (Wildman–Crippen MR) is 117 cm³/mol. The second kappa shape index (κ2) is 8.05. The lowest BCUT2D eigenvalue weighted by molar-refractivity contribution is 0.344. The summed E-state index contributed by atoms with van der Waals surface area (Å²) in [5, 5.41) is 1.54. The zero-order chi connectivity index (χ0) is 20.4. The zero-order valence-corrected chi connectivity index (χ0v) is 17.7. The van der Waals surface area contributed by atoms with Crippen molar-refractivity contribution in [1.29, 1.82) is 0 Å². The second-order valence-electron chi connectivity index (χ2n) is 7.22. The van der Waals surface area contributed by atoms with Gasteiger partial charge >= 0.3 is 0 Å². The van der Waals surface area contributed by atoms with Gasteiger partial charge < -0.3 is 9.64 Å².